The topological polar surface area (TPSA) is 446 Å². The van der Waals surface area contributed by atoms with Gasteiger partial charge < -0.3 is 92.8 Å². The number of sulfone groups is 3. The van der Waals surface area contributed by atoms with Crippen LogP contribution in [0.2, 0.25) is 0 Å². The minimum absolute atomic E-state index is 0. The molecule has 0 aromatic heterocycles. The molecule has 0 saturated carbocycles. The van der Waals surface area contributed by atoms with E-state index in [9.17, 15) is 85.5 Å². The van der Waals surface area contributed by atoms with Gasteiger partial charge in [0.1, 0.15) is 83.5 Å². The predicted molar refractivity (Wildman–Crippen MR) is 532 cm³/mol. The second kappa shape index (κ2) is 64.4. The SMILES string of the molecule is CCCC(CCC)S(=O)(=O)C[C@H](NC(=O)O[C@H]1CCOC1)C(=O)O[C@H](CNCc1cccc(CC)c1)[C@@H](N)Cc1cc(F)cc(F)c1.CCCCS(=O)(=O)C[C@@H](NC(=O)O[C@@H]1CCNC1)C(=O)N(Cc1cccc(CC)c1)C[C@@H](O)[C@@H](N)Cc1cc(F)cc(F)c1.CCCCS(=O)(=O)C[C@@H](NC(=O)O[C@@H]1CCNC1)C(=O)O[C@H](CNCc1cccc(CC)c1)[C@@H](N)Cc1cc(F)cc(F)c1.Cl.Cl.Cl.Cl. The zero-order chi connectivity index (χ0) is 98.8. The highest BCUT2D eigenvalue weighted by Crippen LogP contribution is 2.24. The Balaban J connectivity index is 0.000000529. The maximum absolute atomic E-state index is 14.1. The van der Waals surface area contributed by atoms with E-state index in [4.69, 9.17) is 45.6 Å². The molecule has 3 fully saturated rings. The van der Waals surface area contributed by atoms with E-state index in [2.05, 4.69) is 37.2 Å². The second-order valence-corrected chi connectivity index (χ2v) is 41.2. The Hall–Kier alpha value is -8.23. The summed E-state index contributed by atoms with van der Waals surface area (Å²) >= 11 is 0. The van der Waals surface area contributed by atoms with Gasteiger partial charge in [0.25, 0.3) is 0 Å². The highest BCUT2D eigenvalue weighted by atomic mass is 35.5. The number of ether oxygens (including phenoxy) is 6. The van der Waals surface area contributed by atoms with Crippen LogP contribution in [0, 0.1) is 34.9 Å². The third-order valence-electron chi connectivity index (χ3n) is 22.9. The number of nitrogens with zero attached hydrogens (tertiary/aromatic N) is 1. The molecule has 6 aromatic rings. The Labute approximate surface area is 838 Å². The lowest BCUT2D eigenvalue weighted by molar-refractivity contribution is -0.152. The number of alkyl carbamates (subject to hydrolysis) is 3. The summed E-state index contributed by atoms with van der Waals surface area (Å²) in [4.78, 5) is 80.8. The number of hydrogen-bond acceptors (Lipinski definition) is 26. The number of unbranched alkanes of at least 4 members (excludes halogenated alkanes) is 2. The molecule has 0 radical (unpaired) electrons. The number of benzene rings is 6. The van der Waals surface area contributed by atoms with Gasteiger partial charge in [-0.15, -0.1) is 49.6 Å². The molecule has 9 rings (SSSR count). The van der Waals surface area contributed by atoms with Crippen molar-refractivity contribution in [1.29, 1.82) is 0 Å². The van der Waals surface area contributed by atoms with Crippen LogP contribution in [-0.2, 0) is 130 Å². The fourth-order valence-corrected chi connectivity index (χ4v) is 20.9. The third kappa shape index (κ3) is 46.4. The van der Waals surface area contributed by atoms with Gasteiger partial charge in [0, 0.05) is 95.1 Å². The average molecular weight is 2110 g/mol. The Bertz CT molecular complexity index is 5040. The standard InChI is InChI=1S/C34H49F2N3O7S.2C31H44F2N4O6S.4ClH/c1-4-8-29(9-5-2)47(42,43)22-31(39-34(41)45-28-12-13-44-21-28)33(40)46-32(20-38-19-24-11-7-10-23(6-3)14-24)30(37)17-25-15-26(35)18-27(36)16-25;1-3-5-11-44(41,42)20-28(36-31(40)43-26-9-10-35-17-26)30(39)37(18-22-8-6-7-21(4-2)12-22)19-29(38)27(34)15-23-13-24(32)16-25(33)14-23;1-3-5-11-44(40,41)20-28(37-31(39)42-26-9-10-35-18-26)30(38)43-29(19-36-17-22-8-6-7-21(4-2)12-22)27(34)15-23-13-24(32)16-25(33)14-23;;;;/h7,10-11,14-16,18,28-32,38H,4-6,8-9,12-13,17,19-22,37H2,1-3H3,(H,39,41);6-8,12-14,16,26-29,35,38H,3-5,9-11,15,17-20,34H2,1-2H3,(H,36,40);6-8,12-14,16,26-29,35-36H,3-5,9-11,15,17-20,34H2,1-2H3,(H,37,39);4*1H/t28-,30-,31-,32+;2*26-,27+,28-,29-;;;;/m011..../s1. The van der Waals surface area contributed by atoms with Crippen LogP contribution in [0.3, 0.4) is 0 Å². The molecule has 14 N–H and O–H groups in total. The number of rotatable bonds is 52. The molecule has 3 aliphatic rings. The number of amides is 4. The lowest BCUT2D eigenvalue weighted by Crippen LogP contribution is -2.55. The Morgan fingerprint density at radius 2 is 0.820 bits per heavy atom. The fraction of sp³-hybridized carbons (Fsp3) is 0.562. The van der Waals surface area contributed by atoms with Gasteiger partial charge in [0.05, 0.1) is 53.3 Å². The number of hydrogen-bond donors (Lipinski definition) is 11. The van der Waals surface area contributed by atoms with Crippen molar-refractivity contribution >= 4 is 115 Å². The molecule has 782 valence electrons. The quantitative estimate of drug-likeness (QED) is 0.00960. The maximum Gasteiger partial charge on any atom is 0.408 e. The summed E-state index contributed by atoms with van der Waals surface area (Å²) in [6.07, 6.45) is 0.400. The number of carbonyl (C=O) groups excluding carboxylic acids is 6. The van der Waals surface area contributed by atoms with E-state index in [-0.39, 0.29) is 130 Å². The van der Waals surface area contributed by atoms with E-state index in [0.29, 0.717) is 117 Å². The normalized spacial score (nSPS) is 16.5. The van der Waals surface area contributed by atoms with Gasteiger partial charge in [-0.25, -0.2) is 75.6 Å². The number of esters is 2. The first-order valence-corrected chi connectivity index (χ1v) is 51.8. The van der Waals surface area contributed by atoms with E-state index in [1.165, 1.54) is 4.90 Å². The van der Waals surface area contributed by atoms with Crippen LogP contribution < -0.4 is 54.4 Å². The molecule has 139 heavy (non-hydrogen) atoms. The molecular weight excluding hydrogens is 1960 g/mol. The number of nitrogens with one attached hydrogen (secondary N) is 7. The van der Waals surface area contributed by atoms with Crippen LogP contribution in [0.4, 0.5) is 40.7 Å². The predicted octanol–water partition coefficient (Wildman–Crippen LogP) is 11.3. The van der Waals surface area contributed by atoms with Crippen molar-refractivity contribution in [3.05, 3.63) is 212 Å². The minimum Gasteiger partial charge on any atom is -0.458 e. The molecule has 3 heterocycles. The molecule has 4 amide bonds. The Morgan fingerprint density at radius 1 is 0.460 bits per heavy atom. The molecule has 3 saturated heterocycles. The maximum atomic E-state index is 14.1. The van der Waals surface area contributed by atoms with Crippen molar-refractivity contribution in [1.82, 2.24) is 42.1 Å². The van der Waals surface area contributed by atoms with E-state index in [1.807, 2.05) is 115 Å². The van der Waals surface area contributed by atoms with Crippen molar-refractivity contribution < 1.29 is 114 Å². The summed E-state index contributed by atoms with van der Waals surface area (Å²) in [5.74, 6) is -9.77. The van der Waals surface area contributed by atoms with Crippen LogP contribution in [0.15, 0.2) is 127 Å². The van der Waals surface area contributed by atoms with Crippen molar-refractivity contribution in [3.63, 3.8) is 0 Å². The summed E-state index contributed by atoms with van der Waals surface area (Å²) in [5.41, 5.74) is 25.9. The summed E-state index contributed by atoms with van der Waals surface area (Å²) in [5, 5.41) is 30.2. The molecule has 0 bridgehead atoms. The molecule has 3 aliphatic heterocycles. The lowest BCUT2D eigenvalue weighted by atomic mass is 10.0. The number of aliphatic hydroxyl groups excluding tert-OH is 1. The van der Waals surface area contributed by atoms with Crippen LogP contribution in [-0.4, -0.2) is 237 Å². The highest BCUT2D eigenvalue weighted by molar-refractivity contribution is 7.92. The number of halogens is 10. The van der Waals surface area contributed by atoms with Gasteiger partial charge in [0.2, 0.25) is 5.91 Å². The summed E-state index contributed by atoms with van der Waals surface area (Å²) in [6.45, 7) is 16.9. The molecule has 0 aliphatic carbocycles. The molecule has 0 spiro atoms. The van der Waals surface area contributed by atoms with Gasteiger partial charge in [-0.3, -0.25) is 4.79 Å². The van der Waals surface area contributed by atoms with E-state index >= 15 is 0 Å². The monoisotopic (exact) mass is 2100 g/mol. The van der Waals surface area contributed by atoms with Crippen molar-refractivity contribution in [2.45, 2.75) is 255 Å². The Morgan fingerprint density at radius 3 is 1.19 bits per heavy atom. The Kier molecular flexibility index (Phi) is 57.9. The van der Waals surface area contributed by atoms with Gasteiger partial charge >= 0.3 is 30.2 Å². The summed E-state index contributed by atoms with van der Waals surface area (Å²) < 4.78 is 195. The molecule has 6 aromatic carbocycles. The highest BCUT2D eigenvalue weighted by Gasteiger charge is 2.40. The zero-order valence-corrected chi connectivity index (χ0v) is 85.5. The number of nitrogens with two attached hydrogens (primary N) is 3. The molecule has 43 heteroatoms. The largest absolute Gasteiger partial charge is 0.458 e. The van der Waals surface area contributed by atoms with Crippen LogP contribution in [0.1, 0.15) is 169 Å². The first kappa shape index (κ1) is 125. The first-order valence-electron chi connectivity index (χ1n) is 46.5. The van der Waals surface area contributed by atoms with Crippen LogP contribution in [0.25, 0.3) is 0 Å². The third-order valence-corrected chi connectivity index (χ3v) is 28.7. The van der Waals surface area contributed by atoms with Gasteiger partial charge in [-0.05, 0) is 177 Å². The zero-order valence-electron chi connectivity index (χ0n) is 79.8. The second-order valence-electron chi connectivity index (χ2n) is 34.4. The number of aliphatic hydroxyl groups is 1. The average Bonchev–Trinajstić information content (AvgIpc) is 1.09. The van der Waals surface area contributed by atoms with E-state index in [1.54, 1.807) is 6.07 Å². The van der Waals surface area contributed by atoms with Crippen LogP contribution >= 0.6 is 49.6 Å². The van der Waals surface area contributed by atoms with Gasteiger partial charge in [0.15, 0.2) is 29.5 Å². The van der Waals surface area contributed by atoms with E-state index in [0.717, 1.165) is 107 Å². The minimum atomic E-state index is -3.86. The van der Waals surface area contributed by atoms with Crippen LogP contribution in [0.5, 0.6) is 0 Å². The number of aryl methyl sites for hydroxylation is 3. The molecule has 30 nitrogen and oxygen atoms in total. The lowest BCUT2D eigenvalue weighted by Gasteiger charge is -2.31. The summed E-state index contributed by atoms with van der Waals surface area (Å²) in [7, 11) is -11.4. The smallest absolute Gasteiger partial charge is 0.408 e. The molecular formula is C96H141Cl4F6N11O19S3. The summed E-state index contributed by atoms with van der Waals surface area (Å²) in [6, 6.07) is 24.8. The number of carbonyl (C=O) groups is 6. The van der Waals surface area contributed by atoms with Crippen molar-refractivity contribution in [3.8, 4) is 0 Å². The molecule has 12 atom stereocenters. The van der Waals surface area contributed by atoms with E-state index < -0.39 is 196 Å². The first-order chi connectivity index (χ1) is 64.3. The fourth-order valence-electron chi connectivity index (χ4n) is 15.5. The van der Waals surface area contributed by atoms with Gasteiger partial charge in [-0.1, -0.05) is 147 Å². The van der Waals surface area contributed by atoms with Crippen molar-refractivity contribution in [2.24, 2.45) is 17.2 Å². The van der Waals surface area contributed by atoms with Gasteiger partial charge in [-0.2, -0.15) is 0 Å². The molecule has 0 unspecified atom stereocenters. The van der Waals surface area contributed by atoms with Crippen molar-refractivity contribution in [2.75, 3.05) is 87.8 Å².